The van der Waals surface area contributed by atoms with Crippen molar-refractivity contribution in [2.24, 2.45) is 0 Å². The minimum atomic E-state index is -3.82. The van der Waals surface area contributed by atoms with E-state index in [1.54, 1.807) is 47.4 Å². The fraction of sp³-hybridized carbons (Fsp3) is 0.235. The first-order chi connectivity index (χ1) is 12.0. The van der Waals surface area contributed by atoms with Crippen LogP contribution in [0, 0.1) is 0 Å². The number of halogens is 1. The molecule has 2 aromatic rings. The number of carbonyl (C=O) groups excluding carboxylic acids is 1. The van der Waals surface area contributed by atoms with E-state index in [0.29, 0.717) is 36.3 Å². The topological polar surface area (TPSA) is 75.7 Å². The highest BCUT2D eigenvalue weighted by molar-refractivity contribution is 9.10. The molecule has 6 nitrogen and oxygen atoms in total. The van der Waals surface area contributed by atoms with E-state index in [2.05, 4.69) is 20.7 Å². The van der Waals surface area contributed by atoms with Crippen molar-refractivity contribution in [3.8, 4) is 0 Å². The van der Waals surface area contributed by atoms with Crippen molar-refractivity contribution in [2.45, 2.75) is 4.90 Å². The average Bonchev–Trinajstić information content (AvgIpc) is 2.62. The lowest BCUT2D eigenvalue weighted by Gasteiger charge is -2.27. The zero-order valence-electron chi connectivity index (χ0n) is 13.3. The molecule has 1 saturated heterocycles. The van der Waals surface area contributed by atoms with E-state index in [-0.39, 0.29) is 16.5 Å². The third kappa shape index (κ3) is 4.02. The molecular weight excluding hydrogens is 408 g/mol. The molecule has 0 unspecified atom stereocenters. The Balaban J connectivity index is 1.91. The number of rotatable bonds is 4. The van der Waals surface area contributed by atoms with Gasteiger partial charge in [-0.05, 0) is 40.2 Å². The molecule has 2 aromatic carbocycles. The van der Waals surface area contributed by atoms with Crippen LogP contribution in [0.2, 0.25) is 0 Å². The van der Waals surface area contributed by atoms with Crippen LogP contribution >= 0.6 is 15.9 Å². The summed E-state index contributed by atoms with van der Waals surface area (Å²) in [5.41, 5.74) is 0.578. The van der Waals surface area contributed by atoms with Gasteiger partial charge in [-0.15, -0.1) is 0 Å². The number of para-hydroxylation sites is 1. The number of morpholine rings is 1. The van der Waals surface area contributed by atoms with E-state index in [4.69, 9.17) is 4.74 Å². The smallest absolute Gasteiger partial charge is 0.263 e. The van der Waals surface area contributed by atoms with Crippen LogP contribution in [0.25, 0.3) is 0 Å². The van der Waals surface area contributed by atoms with Crippen LogP contribution < -0.4 is 4.72 Å². The molecule has 1 N–H and O–H groups in total. The van der Waals surface area contributed by atoms with Crippen molar-refractivity contribution in [3.63, 3.8) is 0 Å². The molecule has 0 radical (unpaired) electrons. The van der Waals surface area contributed by atoms with Gasteiger partial charge in [-0.3, -0.25) is 9.52 Å². The predicted octanol–water partition coefficient (Wildman–Crippen LogP) is 2.72. The highest BCUT2D eigenvalue weighted by Crippen LogP contribution is 2.26. The molecule has 25 heavy (non-hydrogen) atoms. The minimum Gasteiger partial charge on any atom is -0.378 e. The normalized spacial score (nSPS) is 15.0. The summed E-state index contributed by atoms with van der Waals surface area (Å²) in [5.74, 6) is -0.214. The molecule has 1 amide bonds. The molecule has 0 aliphatic carbocycles. The highest BCUT2D eigenvalue weighted by atomic mass is 79.9. The Morgan fingerprint density at radius 1 is 1.04 bits per heavy atom. The van der Waals surface area contributed by atoms with Crippen molar-refractivity contribution < 1.29 is 17.9 Å². The van der Waals surface area contributed by atoms with Crippen LogP contribution in [0.4, 0.5) is 5.69 Å². The van der Waals surface area contributed by atoms with Gasteiger partial charge in [0, 0.05) is 17.6 Å². The molecule has 0 aromatic heterocycles. The van der Waals surface area contributed by atoms with Crippen LogP contribution in [-0.4, -0.2) is 45.5 Å². The summed E-state index contributed by atoms with van der Waals surface area (Å²) in [6.45, 7) is 1.95. The molecule has 1 fully saturated rings. The summed E-state index contributed by atoms with van der Waals surface area (Å²) < 4.78 is 33.6. The lowest BCUT2D eigenvalue weighted by atomic mass is 10.1. The van der Waals surface area contributed by atoms with Gasteiger partial charge >= 0.3 is 0 Å². The number of sulfonamides is 1. The van der Waals surface area contributed by atoms with Gasteiger partial charge in [0.25, 0.3) is 15.9 Å². The summed E-state index contributed by atoms with van der Waals surface area (Å²) in [5, 5.41) is 0. The largest absolute Gasteiger partial charge is 0.378 e. The van der Waals surface area contributed by atoms with Gasteiger partial charge in [0.1, 0.15) is 4.90 Å². The van der Waals surface area contributed by atoms with Crippen LogP contribution in [0.5, 0.6) is 0 Å². The molecule has 0 saturated carbocycles. The van der Waals surface area contributed by atoms with Gasteiger partial charge in [0.15, 0.2) is 0 Å². The molecule has 1 aliphatic rings. The first kappa shape index (κ1) is 17.9. The number of amides is 1. The van der Waals surface area contributed by atoms with Crippen molar-refractivity contribution >= 4 is 37.5 Å². The van der Waals surface area contributed by atoms with Crippen LogP contribution in [0.1, 0.15) is 10.4 Å². The van der Waals surface area contributed by atoms with Gasteiger partial charge in [0.2, 0.25) is 0 Å². The summed E-state index contributed by atoms with van der Waals surface area (Å²) >= 11 is 3.25. The van der Waals surface area contributed by atoms with E-state index < -0.39 is 10.0 Å². The Hall–Kier alpha value is -1.90. The molecule has 0 bridgehead atoms. The van der Waals surface area contributed by atoms with Crippen molar-refractivity contribution in [1.29, 1.82) is 0 Å². The number of nitrogens with zero attached hydrogens (tertiary/aromatic N) is 1. The molecule has 0 spiro atoms. The van der Waals surface area contributed by atoms with Gasteiger partial charge < -0.3 is 9.64 Å². The van der Waals surface area contributed by atoms with Gasteiger partial charge in [-0.2, -0.15) is 0 Å². The van der Waals surface area contributed by atoms with Gasteiger partial charge in [-0.25, -0.2) is 8.42 Å². The van der Waals surface area contributed by atoms with Crippen molar-refractivity contribution in [2.75, 3.05) is 31.0 Å². The maximum Gasteiger partial charge on any atom is 0.263 e. The van der Waals surface area contributed by atoms with E-state index in [0.717, 1.165) is 0 Å². The number of anilines is 1. The van der Waals surface area contributed by atoms with Crippen LogP contribution in [0.15, 0.2) is 57.9 Å². The highest BCUT2D eigenvalue weighted by Gasteiger charge is 2.24. The number of benzene rings is 2. The zero-order valence-corrected chi connectivity index (χ0v) is 15.7. The summed E-state index contributed by atoms with van der Waals surface area (Å²) in [4.78, 5) is 14.5. The Bertz CT molecular complexity index is 880. The van der Waals surface area contributed by atoms with E-state index >= 15 is 0 Å². The second kappa shape index (κ2) is 7.55. The number of nitrogens with one attached hydrogen (secondary N) is 1. The van der Waals surface area contributed by atoms with Crippen LogP contribution in [0.3, 0.4) is 0 Å². The zero-order chi connectivity index (χ0) is 17.9. The molecule has 1 aliphatic heterocycles. The quantitative estimate of drug-likeness (QED) is 0.818. The first-order valence-electron chi connectivity index (χ1n) is 7.72. The monoisotopic (exact) mass is 424 g/mol. The van der Waals surface area contributed by atoms with Gasteiger partial charge in [0.05, 0.1) is 24.5 Å². The molecule has 1 heterocycles. The van der Waals surface area contributed by atoms with E-state index in [1.165, 1.54) is 6.07 Å². The van der Waals surface area contributed by atoms with Crippen molar-refractivity contribution in [3.05, 3.63) is 58.6 Å². The Morgan fingerprint density at radius 2 is 1.68 bits per heavy atom. The lowest BCUT2D eigenvalue weighted by molar-refractivity contribution is 0.0303. The second-order valence-corrected chi connectivity index (χ2v) is 7.99. The van der Waals surface area contributed by atoms with Gasteiger partial charge in [-0.1, -0.05) is 24.3 Å². The SMILES string of the molecule is O=C(c1ccccc1NS(=O)(=O)c1ccccc1Br)N1CCOCC1. The minimum absolute atomic E-state index is 0.114. The summed E-state index contributed by atoms with van der Waals surface area (Å²) in [6, 6.07) is 13.1. The van der Waals surface area contributed by atoms with E-state index in [9.17, 15) is 13.2 Å². The maximum absolute atomic E-state index is 12.7. The third-order valence-electron chi connectivity index (χ3n) is 3.83. The van der Waals surface area contributed by atoms with Crippen LogP contribution in [-0.2, 0) is 14.8 Å². The standard InChI is InChI=1S/C17H17BrN2O4S/c18-14-6-2-4-8-16(14)25(22,23)19-15-7-3-1-5-13(15)17(21)20-9-11-24-12-10-20/h1-8,19H,9-12H2. The first-order valence-corrected chi connectivity index (χ1v) is 10.00. The number of carbonyl (C=O) groups is 1. The second-order valence-electron chi connectivity index (χ2n) is 5.49. The Morgan fingerprint density at radius 3 is 2.40 bits per heavy atom. The fourth-order valence-corrected chi connectivity index (χ4v) is 4.64. The number of hydrogen-bond acceptors (Lipinski definition) is 4. The Kier molecular flexibility index (Phi) is 5.41. The molecule has 132 valence electrons. The van der Waals surface area contributed by atoms with E-state index in [1.807, 2.05) is 0 Å². The predicted molar refractivity (Wildman–Crippen MR) is 98.1 cm³/mol. The van der Waals surface area contributed by atoms with Crippen molar-refractivity contribution in [1.82, 2.24) is 4.90 Å². The molecule has 8 heteroatoms. The molecule has 3 rings (SSSR count). The third-order valence-corrected chi connectivity index (χ3v) is 6.20. The number of ether oxygens (including phenoxy) is 1. The molecular formula is C17H17BrN2O4S. The summed E-state index contributed by atoms with van der Waals surface area (Å²) in [7, 11) is -3.82. The fourth-order valence-electron chi connectivity index (χ4n) is 2.56. The number of hydrogen-bond donors (Lipinski definition) is 1. The molecule has 0 atom stereocenters. The maximum atomic E-state index is 12.7. The lowest BCUT2D eigenvalue weighted by Crippen LogP contribution is -2.41. The summed E-state index contributed by atoms with van der Waals surface area (Å²) in [6.07, 6.45) is 0. The Labute approximate surface area is 155 Å². The average molecular weight is 425 g/mol.